The predicted molar refractivity (Wildman–Crippen MR) is 33.7 cm³/mol. The summed E-state index contributed by atoms with van der Waals surface area (Å²) in [5.74, 6) is 0. The number of nitrogens with one attached hydrogen (secondary N) is 1. The third-order valence-corrected chi connectivity index (χ3v) is 1.43. The fourth-order valence-corrected chi connectivity index (χ4v) is 0.965. The SMILES string of the molecule is CON[C@H]1CCCCO1. The van der Waals surface area contributed by atoms with Crippen molar-refractivity contribution < 1.29 is 9.57 Å². The quantitative estimate of drug-likeness (QED) is 0.558. The van der Waals surface area contributed by atoms with Crippen LogP contribution in [0, 0.1) is 0 Å². The number of hydrogen-bond donors (Lipinski definition) is 1. The van der Waals surface area contributed by atoms with Crippen LogP contribution in [0.4, 0.5) is 0 Å². The van der Waals surface area contributed by atoms with Gasteiger partial charge < -0.3 is 9.57 Å². The van der Waals surface area contributed by atoms with E-state index >= 15 is 0 Å². The minimum absolute atomic E-state index is 0.128. The summed E-state index contributed by atoms with van der Waals surface area (Å²) in [6.45, 7) is 0.862. The zero-order valence-electron chi connectivity index (χ0n) is 5.72. The molecule has 0 bridgehead atoms. The second kappa shape index (κ2) is 3.82. The molecule has 0 amide bonds. The van der Waals surface area contributed by atoms with Crippen LogP contribution in [-0.2, 0) is 9.57 Å². The Kier molecular flexibility index (Phi) is 2.97. The molecule has 1 saturated heterocycles. The average molecular weight is 131 g/mol. The highest BCUT2D eigenvalue weighted by Gasteiger charge is 2.11. The highest BCUT2D eigenvalue weighted by atomic mass is 16.7. The van der Waals surface area contributed by atoms with Gasteiger partial charge >= 0.3 is 0 Å². The van der Waals surface area contributed by atoms with Crippen molar-refractivity contribution in [1.29, 1.82) is 0 Å². The van der Waals surface area contributed by atoms with Gasteiger partial charge in [0, 0.05) is 6.61 Å². The molecule has 3 nitrogen and oxygen atoms in total. The molecular weight excluding hydrogens is 118 g/mol. The van der Waals surface area contributed by atoms with Gasteiger partial charge in [0.1, 0.15) is 6.23 Å². The zero-order valence-corrected chi connectivity index (χ0v) is 5.72. The van der Waals surface area contributed by atoms with Crippen LogP contribution in [0.5, 0.6) is 0 Å². The van der Waals surface area contributed by atoms with Crippen molar-refractivity contribution in [3.8, 4) is 0 Å². The minimum atomic E-state index is 0.128. The molecule has 3 heteroatoms. The highest BCUT2D eigenvalue weighted by molar-refractivity contribution is 4.55. The normalized spacial score (nSPS) is 28.3. The van der Waals surface area contributed by atoms with Crippen LogP contribution < -0.4 is 5.48 Å². The van der Waals surface area contributed by atoms with Crippen LogP contribution >= 0.6 is 0 Å². The summed E-state index contributed by atoms with van der Waals surface area (Å²) in [4.78, 5) is 4.71. The summed E-state index contributed by atoms with van der Waals surface area (Å²) in [5, 5.41) is 0. The van der Waals surface area contributed by atoms with Crippen molar-refractivity contribution in [3.05, 3.63) is 0 Å². The summed E-state index contributed by atoms with van der Waals surface area (Å²) in [6.07, 6.45) is 3.61. The van der Waals surface area contributed by atoms with Crippen LogP contribution in [0.25, 0.3) is 0 Å². The van der Waals surface area contributed by atoms with E-state index in [9.17, 15) is 0 Å². The van der Waals surface area contributed by atoms with E-state index in [1.54, 1.807) is 7.11 Å². The molecule has 0 spiro atoms. The highest BCUT2D eigenvalue weighted by Crippen LogP contribution is 2.09. The lowest BCUT2D eigenvalue weighted by atomic mass is 10.2. The van der Waals surface area contributed by atoms with Gasteiger partial charge in [-0.15, -0.1) is 0 Å². The maximum Gasteiger partial charge on any atom is 0.130 e. The molecular formula is C6H13NO2. The fraction of sp³-hybridized carbons (Fsp3) is 1.00. The molecule has 0 unspecified atom stereocenters. The molecule has 0 aromatic heterocycles. The van der Waals surface area contributed by atoms with Crippen molar-refractivity contribution in [3.63, 3.8) is 0 Å². The second-order valence-electron chi connectivity index (χ2n) is 2.18. The molecule has 9 heavy (non-hydrogen) atoms. The van der Waals surface area contributed by atoms with Gasteiger partial charge in [-0.2, -0.15) is 5.48 Å². The monoisotopic (exact) mass is 131 g/mol. The Balaban J connectivity index is 2.08. The summed E-state index contributed by atoms with van der Waals surface area (Å²) in [5.41, 5.74) is 2.76. The van der Waals surface area contributed by atoms with Crippen molar-refractivity contribution in [2.45, 2.75) is 25.5 Å². The molecule has 1 fully saturated rings. The molecule has 0 aromatic rings. The Hall–Kier alpha value is -0.120. The summed E-state index contributed by atoms with van der Waals surface area (Å²) < 4.78 is 5.28. The molecule has 0 aliphatic carbocycles. The van der Waals surface area contributed by atoms with Crippen LogP contribution in [0.15, 0.2) is 0 Å². The number of hydrogen-bond acceptors (Lipinski definition) is 3. The van der Waals surface area contributed by atoms with Crippen molar-refractivity contribution >= 4 is 0 Å². The van der Waals surface area contributed by atoms with Gasteiger partial charge in [0.25, 0.3) is 0 Å². The average Bonchev–Trinajstić information content (AvgIpc) is 1.91. The van der Waals surface area contributed by atoms with Gasteiger partial charge in [-0.1, -0.05) is 0 Å². The molecule has 54 valence electrons. The number of hydroxylamine groups is 1. The topological polar surface area (TPSA) is 30.5 Å². The maximum absolute atomic E-state index is 5.28. The number of rotatable bonds is 2. The predicted octanol–water partition coefficient (Wildman–Crippen LogP) is 0.664. The van der Waals surface area contributed by atoms with E-state index in [0.717, 1.165) is 13.0 Å². The fourth-order valence-electron chi connectivity index (χ4n) is 0.965. The van der Waals surface area contributed by atoms with Crippen LogP contribution in [0.2, 0.25) is 0 Å². The molecule has 0 saturated carbocycles. The first kappa shape index (κ1) is 6.99. The van der Waals surface area contributed by atoms with E-state index in [2.05, 4.69) is 5.48 Å². The summed E-state index contributed by atoms with van der Waals surface area (Å²) in [6, 6.07) is 0. The Morgan fingerprint density at radius 1 is 1.56 bits per heavy atom. The molecule has 0 radical (unpaired) electrons. The molecule has 1 atom stereocenters. The van der Waals surface area contributed by atoms with Crippen molar-refractivity contribution in [1.82, 2.24) is 5.48 Å². The van der Waals surface area contributed by atoms with Gasteiger partial charge in [0.2, 0.25) is 0 Å². The summed E-state index contributed by atoms with van der Waals surface area (Å²) in [7, 11) is 1.61. The lowest BCUT2D eigenvalue weighted by Crippen LogP contribution is -2.33. The Morgan fingerprint density at radius 2 is 2.44 bits per heavy atom. The van der Waals surface area contributed by atoms with E-state index < -0.39 is 0 Å². The van der Waals surface area contributed by atoms with E-state index in [-0.39, 0.29) is 6.23 Å². The lowest BCUT2D eigenvalue weighted by molar-refractivity contribution is -0.0926. The molecule has 1 aliphatic heterocycles. The Morgan fingerprint density at radius 3 is 3.00 bits per heavy atom. The molecule has 1 N–H and O–H groups in total. The second-order valence-corrected chi connectivity index (χ2v) is 2.18. The lowest BCUT2D eigenvalue weighted by Gasteiger charge is -2.21. The van der Waals surface area contributed by atoms with Gasteiger partial charge in [0.05, 0.1) is 7.11 Å². The third-order valence-electron chi connectivity index (χ3n) is 1.43. The third kappa shape index (κ3) is 2.30. The van der Waals surface area contributed by atoms with Crippen LogP contribution in [-0.4, -0.2) is 19.9 Å². The van der Waals surface area contributed by atoms with E-state index in [1.165, 1.54) is 12.8 Å². The first-order valence-corrected chi connectivity index (χ1v) is 3.33. The minimum Gasteiger partial charge on any atom is -0.361 e. The smallest absolute Gasteiger partial charge is 0.130 e. The van der Waals surface area contributed by atoms with Crippen molar-refractivity contribution in [2.75, 3.05) is 13.7 Å². The Bertz CT molecular complexity index is 68.7. The van der Waals surface area contributed by atoms with Gasteiger partial charge in [-0.05, 0) is 19.3 Å². The molecule has 1 rings (SSSR count). The first-order valence-electron chi connectivity index (χ1n) is 3.33. The first-order chi connectivity index (χ1) is 4.43. The van der Waals surface area contributed by atoms with E-state index in [1.807, 2.05) is 0 Å². The Labute approximate surface area is 55.3 Å². The van der Waals surface area contributed by atoms with E-state index in [0.29, 0.717) is 0 Å². The molecule has 1 aliphatic rings. The van der Waals surface area contributed by atoms with Crippen LogP contribution in [0.3, 0.4) is 0 Å². The zero-order chi connectivity index (χ0) is 6.53. The van der Waals surface area contributed by atoms with Gasteiger partial charge in [-0.3, -0.25) is 0 Å². The summed E-state index contributed by atoms with van der Waals surface area (Å²) >= 11 is 0. The largest absolute Gasteiger partial charge is 0.361 e. The molecule has 1 heterocycles. The van der Waals surface area contributed by atoms with Gasteiger partial charge in [-0.25, -0.2) is 0 Å². The maximum atomic E-state index is 5.28. The molecule has 0 aromatic carbocycles. The standard InChI is InChI=1S/C6H13NO2/c1-8-7-6-4-2-3-5-9-6/h6-7H,2-5H2,1H3/t6-/m1/s1. The number of ether oxygens (including phenoxy) is 1. The van der Waals surface area contributed by atoms with E-state index in [4.69, 9.17) is 9.57 Å². The van der Waals surface area contributed by atoms with Gasteiger partial charge in [0.15, 0.2) is 0 Å². The van der Waals surface area contributed by atoms with Crippen molar-refractivity contribution in [2.24, 2.45) is 0 Å². The van der Waals surface area contributed by atoms with Crippen LogP contribution in [0.1, 0.15) is 19.3 Å².